The fourth-order valence-electron chi connectivity index (χ4n) is 1.15. The summed E-state index contributed by atoms with van der Waals surface area (Å²) < 4.78 is 5.20. The van der Waals surface area contributed by atoms with Crippen LogP contribution in [0.2, 0.25) is 0 Å². The number of carbonyl (C=O) groups excluding carboxylic acids is 1. The van der Waals surface area contributed by atoms with Gasteiger partial charge in [-0.25, -0.2) is 10.8 Å². The highest BCUT2D eigenvalue weighted by molar-refractivity contribution is 5.84. The van der Waals surface area contributed by atoms with Crippen molar-refractivity contribution in [1.29, 1.82) is 0 Å². The largest absolute Gasteiger partial charge is 0.382 e. The average Bonchev–Trinajstić information content (AvgIpc) is 2.39. The van der Waals surface area contributed by atoms with Crippen LogP contribution >= 0.6 is 0 Å². The second kappa shape index (κ2) is 12.1. The second-order valence-corrected chi connectivity index (χ2v) is 3.64. The Morgan fingerprint density at radius 3 is 2.67 bits per heavy atom. The first-order chi connectivity index (χ1) is 8.74. The standard InChI is InChI=1S/C11H25N5O2/c1-3-6-13-10(17)9-15-11(16-12)14-7-5-8-18-4-2/h3-9,12H2,1-2H3,(H,13,17)(H2,14,15,16). The second-order valence-electron chi connectivity index (χ2n) is 3.64. The molecule has 0 aliphatic rings. The lowest BCUT2D eigenvalue weighted by Gasteiger charge is -2.09. The summed E-state index contributed by atoms with van der Waals surface area (Å²) in [7, 11) is 0. The molecule has 0 rings (SSSR count). The number of nitrogens with one attached hydrogen (secondary N) is 3. The number of nitrogens with zero attached hydrogens (tertiary/aromatic N) is 1. The van der Waals surface area contributed by atoms with Crippen LogP contribution in [0.25, 0.3) is 0 Å². The van der Waals surface area contributed by atoms with Crippen LogP contribution < -0.4 is 21.9 Å². The van der Waals surface area contributed by atoms with E-state index < -0.39 is 0 Å². The van der Waals surface area contributed by atoms with E-state index in [4.69, 9.17) is 10.6 Å². The Morgan fingerprint density at radius 2 is 2.06 bits per heavy atom. The number of guanidine groups is 1. The summed E-state index contributed by atoms with van der Waals surface area (Å²) in [6.07, 6.45) is 1.77. The van der Waals surface area contributed by atoms with E-state index in [2.05, 4.69) is 21.1 Å². The molecule has 0 aliphatic heterocycles. The molecule has 7 heteroatoms. The number of nitrogens with two attached hydrogens (primary N) is 1. The summed E-state index contributed by atoms with van der Waals surface area (Å²) in [5.41, 5.74) is 2.42. The minimum Gasteiger partial charge on any atom is -0.382 e. The molecular weight excluding hydrogens is 234 g/mol. The Bertz CT molecular complexity index is 246. The van der Waals surface area contributed by atoms with E-state index in [1.807, 2.05) is 13.8 Å². The fraction of sp³-hybridized carbons (Fsp3) is 0.818. The Morgan fingerprint density at radius 1 is 1.28 bits per heavy atom. The zero-order valence-electron chi connectivity index (χ0n) is 11.3. The van der Waals surface area contributed by atoms with Crippen molar-refractivity contribution in [3.63, 3.8) is 0 Å². The summed E-state index contributed by atoms with van der Waals surface area (Å²) in [6, 6.07) is 0. The lowest BCUT2D eigenvalue weighted by molar-refractivity contribution is -0.119. The van der Waals surface area contributed by atoms with Crippen molar-refractivity contribution >= 4 is 11.9 Å². The highest BCUT2D eigenvalue weighted by Gasteiger charge is 2.00. The van der Waals surface area contributed by atoms with Crippen LogP contribution in [0.15, 0.2) is 4.99 Å². The molecule has 0 aliphatic carbocycles. The van der Waals surface area contributed by atoms with Gasteiger partial charge < -0.3 is 15.4 Å². The molecule has 0 bridgehead atoms. The molecule has 0 aromatic rings. The monoisotopic (exact) mass is 259 g/mol. The number of hydrogen-bond acceptors (Lipinski definition) is 4. The number of hydrazine groups is 1. The van der Waals surface area contributed by atoms with E-state index in [0.29, 0.717) is 32.3 Å². The minimum atomic E-state index is -0.110. The van der Waals surface area contributed by atoms with Gasteiger partial charge in [-0.15, -0.1) is 0 Å². The van der Waals surface area contributed by atoms with E-state index in [1.165, 1.54) is 0 Å². The fourth-order valence-corrected chi connectivity index (χ4v) is 1.15. The molecule has 0 unspecified atom stereocenters. The van der Waals surface area contributed by atoms with Crippen LogP contribution in [0.4, 0.5) is 0 Å². The van der Waals surface area contributed by atoms with E-state index in [9.17, 15) is 4.79 Å². The zero-order chi connectivity index (χ0) is 13.6. The highest BCUT2D eigenvalue weighted by atomic mass is 16.5. The molecule has 0 aromatic heterocycles. The number of ether oxygens (including phenoxy) is 1. The molecule has 0 radical (unpaired) electrons. The molecule has 18 heavy (non-hydrogen) atoms. The summed E-state index contributed by atoms with van der Waals surface area (Å²) >= 11 is 0. The molecule has 0 saturated carbocycles. The van der Waals surface area contributed by atoms with Crippen LogP contribution in [0.3, 0.4) is 0 Å². The van der Waals surface area contributed by atoms with Crippen molar-refractivity contribution in [1.82, 2.24) is 16.1 Å². The SMILES string of the molecule is CCCNC(=O)CN=C(NN)NCCCOCC. The maximum atomic E-state index is 11.3. The third kappa shape index (κ3) is 9.86. The van der Waals surface area contributed by atoms with Gasteiger partial charge in [-0.2, -0.15) is 0 Å². The Balaban J connectivity index is 3.75. The zero-order valence-corrected chi connectivity index (χ0v) is 11.3. The van der Waals surface area contributed by atoms with Crippen molar-refractivity contribution in [2.45, 2.75) is 26.7 Å². The van der Waals surface area contributed by atoms with Crippen molar-refractivity contribution < 1.29 is 9.53 Å². The quantitative estimate of drug-likeness (QED) is 0.145. The third-order valence-electron chi connectivity index (χ3n) is 2.05. The lowest BCUT2D eigenvalue weighted by Crippen LogP contribution is -2.43. The van der Waals surface area contributed by atoms with Crippen LogP contribution in [-0.2, 0) is 9.53 Å². The maximum absolute atomic E-state index is 11.3. The molecular formula is C11H25N5O2. The van der Waals surface area contributed by atoms with Crippen molar-refractivity contribution in [2.75, 3.05) is 32.8 Å². The Labute approximate surface area is 109 Å². The minimum absolute atomic E-state index is 0.0675. The molecule has 1 amide bonds. The molecule has 0 heterocycles. The number of rotatable bonds is 9. The molecule has 0 saturated heterocycles. The summed E-state index contributed by atoms with van der Waals surface area (Å²) in [4.78, 5) is 15.3. The topological polar surface area (TPSA) is 101 Å². The average molecular weight is 259 g/mol. The molecule has 0 aromatic carbocycles. The summed E-state index contributed by atoms with van der Waals surface area (Å²) in [6.45, 7) is 6.79. The number of amides is 1. The molecule has 7 nitrogen and oxygen atoms in total. The van der Waals surface area contributed by atoms with Gasteiger partial charge in [-0.05, 0) is 19.8 Å². The molecule has 0 spiro atoms. The first kappa shape index (κ1) is 16.7. The van der Waals surface area contributed by atoms with E-state index in [-0.39, 0.29) is 12.5 Å². The molecule has 0 fully saturated rings. The van der Waals surface area contributed by atoms with Gasteiger partial charge in [-0.1, -0.05) is 6.92 Å². The number of hydrogen-bond donors (Lipinski definition) is 4. The predicted octanol–water partition coefficient (Wildman–Crippen LogP) is -0.652. The van der Waals surface area contributed by atoms with Crippen LogP contribution in [0.1, 0.15) is 26.7 Å². The normalized spacial score (nSPS) is 11.2. The van der Waals surface area contributed by atoms with Gasteiger partial charge in [-0.3, -0.25) is 10.2 Å². The van der Waals surface area contributed by atoms with Crippen molar-refractivity contribution in [3.05, 3.63) is 0 Å². The first-order valence-electron chi connectivity index (χ1n) is 6.33. The van der Waals surface area contributed by atoms with Crippen molar-refractivity contribution in [2.24, 2.45) is 10.8 Å². The van der Waals surface area contributed by atoms with Crippen molar-refractivity contribution in [3.8, 4) is 0 Å². The highest BCUT2D eigenvalue weighted by Crippen LogP contribution is 1.81. The van der Waals surface area contributed by atoms with Crippen LogP contribution in [-0.4, -0.2) is 44.7 Å². The molecule has 5 N–H and O–H groups in total. The molecule has 0 atom stereocenters. The van der Waals surface area contributed by atoms with E-state index in [0.717, 1.165) is 12.8 Å². The smallest absolute Gasteiger partial charge is 0.241 e. The summed E-state index contributed by atoms with van der Waals surface area (Å²) in [5, 5.41) is 5.73. The van der Waals surface area contributed by atoms with Crippen LogP contribution in [0, 0.1) is 0 Å². The predicted molar refractivity (Wildman–Crippen MR) is 72.0 cm³/mol. The van der Waals surface area contributed by atoms with E-state index in [1.54, 1.807) is 0 Å². The summed E-state index contributed by atoms with van der Waals surface area (Å²) in [5.74, 6) is 5.60. The third-order valence-corrected chi connectivity index (χ3v) is 2.05. The van der Waals surface area contributed by atoms with Gasteiger partial charge in [0, 0.05) is 26.3 Å². The Kier molecular flexibility index (Phi) is 11.2. The number of aliphatic imine (C=N–C) groups is 1. The van der Waals surface area contributed by atoms with Gasteiger partial charge in [0.2, 0.25) is 11.9 Å². The van der Waals surface area contributed by atoms with E-state index >= 15 is 0 Å². The van der Waals surface area contributed by atoms with Gasteiger partial charge >= 0.3 is 0 Å². The van der Waals surface area contributed by atoms with Gasteiger partial charge in [0.25, 0.3) is 0 Å². The lowest BCUT2D eigenvalue weighted by atomic mass is 10.4. The van der Waals surface area contributed by atoms with Gasteiger partial charge in [0.15, 0.2) is 0 Å². The van der Waals surface area contributed by atoms with Gasteiger partial charge in [0.1, 0.15) is 6.54 Å². The molecule has 106 valence electrons. The Hall–Kier alpha value is -1.34. The first-order valence-corrected chi connectivity index (χ1v) is 6.33. The maximum Gasteiger partial charge on any atom is 0.241 e. The number of carbonyl (C=O) groups is 1. The van der Waals surface area contributed by atoms with Crippen LogP contribution in [0.5, 0.6) is 0 Å². The van der Waals surface area contributed by atoms with Gasteiger partial charge in [0.05, 0.1) is 0 Å².